The van der Waals surface area contributed by atoms with Crippen molar-refractivity contribution in [2.45, 2.75) is 13.3 Å². The summed E-state index contributed by atoms with van der Waals surface area (Å²) in [6.45, 7) is 3.21. The first-order valence-electron chi connectivity index (χ1n) is 6.83. The normalized spacial score (nSPS) is 10.3. The van der Waals surface area contributed by atoms with Gasteiger partial charge in [-0.3, -0.25) is 5.32 Å². The number of aromatic nitrogens is 2. The van der Waals surface area contributed by atoms with E-state index >= 15 is 0 Å². The fourth-order valence-corrected chi connectivity index (χ4v) is 2.38. The number of hydrogen-bond acceptors (Lipinski definition) is 6. The number of urea groups is 1. The molecular formula is C14H18N4O3S. The number of hydrogen-bond donors (Lipinski definition) is 2. The Morgan fingerprint density at radius 3 is 2.95 bits per heavy atom. The van der Waals surface area contributed by atoms with Gasteiger partial charge in [-0.1, -0.05) is 17.4 Å². The summed E-state index contributed by atoms with van der Waals surface area (Å²) in [5.41, 5.74) is 0.637. The van der Waals surface area contributed by atoms with Crippen LogP contribution < -0.4 is 15.4 Å². The number of rotatable bonds is 7. The van der Waals surface area contributed by atoms with Gasteiger partial charge in [-0.2, -0.15) is 0 Å². The third-order valence-electron chi connectivity index (χ3n) is 2.68. The number of methoxy groups -OCH3 is 1. The lowest BCUT2D eigenvalue weighted by Gasteiger charge is -2.06. The molecule has 1 heterocycles. The first kappa shape index (κ1) is 16.2. The van der Waals surface area contributed by atoms with Crippen LogP contribution in [-0.2, 0) is 11.2 Å². The molecule has 2 rings (SSSR count). The summed E-state index contributed by atoms with van der Waals surface area (Å²) in [5.74, 6) is 0.673. The Kier molecular flexibility index (Phi) is 6.11. The van der Waals surface area contributed by atoms with Gasteiger partial charge < -0.3 is 14.8 Å². The van der Waals surface area contributed by atoms with Crippen molar-refractivity contribution < 1.29 is 14.3 Å². The van der Waals surface area contributed by atoms with Gasteiger partial charge in [-0.25, -0.2) is 4.79 Å². The molecule has 1 aromatic heterocycles. The molecule has 0 aliphatic heterocycles. The highest BCUT2D eigenvalue weighted by Gasteiger charge is 2.08. The Bertz CT molecular complexity index is 618. The third-order valence-corrected chi connectivity index (χ3v) is 3.58. The lowest BCUT2D eigenvalue weighted by Crippen LogP contribution is -2.19. The van der Waals surface area contributed by atoms with Crippen molar-refractivity contribution in [3.05, 3.63) is 29.3 Å². The van der Waals surface area contributed by atoms with Gasteiger partial charge in [0.2, 0.25) is 5.13 Å². The minimum absolute atomic E-state index is 0.374. The first-order chi connectivity index (χ1) is 10.7. The second-order valence-electron chi connectivity index (χ2n) is 4.26. The average Bonchev–Trinajstić information content (AvgIpc) is 2.95. The smallest absolute Gasteiger partial charge is 0.325 e. The van der Waals surface area contributed by atoms with Crippen molar-refractivity contribution in [2.75, 3.05) is 31.0 Å². The summed E-state index contributed by atoms with van der Waals surface area (Å²) >= 11 is 1.33. The van der Waals surface area contributed by atoms with Gasteiger partial charge in [0.05, 0.1) is 13.7 Å². The largest absolute Gasteiger partial charge is 0.497 e. The Morgan fingerprint density at radius 1 is 1.32 bits per heavy atom. The molecule has 118 valence electrons. The standard InChI is InChI=1S/C14H18N4O3S/c1-3-21-8-7-12-17-18-14(22-12)16-13(19)15-10-5-4-6-11(9-10)20-2/h4-6,9H,3,7-8H2,1-2H3,(H2,15,16,18,19). The van der Waals surface area contributed by atoms with Crippen LogP contribution in [0.25, 0.3) is 0 Å². The third kappa shape index (κ3) is 4.97. The molecular weight excluding hydrogens is 304 g/mol. The Labute approximate surface area is 132 Å². The van der Waals surface area contributed by atoms with Crippen LogP contribution in [0.4, 0.5) is 15.6 Å². The highest BCUT2D eigenvalue weighted by atomic mass is 32.1. The maximum atomic E-state index is 11.9. The molecule has 0 aliphatic carbocycles. The Balaban J connectivity index is 1.86. The van der Waals surface area contributed by atoms with Gasteiger partial charge in [0.25, 0.3) is 0 Å². The van der Waals surface area contributed by atoms with Crippen LogP contribution in [0.3, 0.4) is 0 Å². The van der Waals surface area contributed by atoms with Crippen molar-refractivity contribution in [1.29, 1.82) is 0 Å². The van der Waals surface area contributed by atoms with E-state index in [0.717, 1.165) is 5.01 Å². The molecule has 2 aromatic rings. The minimum Gasteiger partial charge on any atom is -0.497 e. The molecule has 0 unspecified atom stereocenters. The van der Waals surface area contributed by atoms with Gasteiger partial charge >= 0.3 is 6.03 Å². The Morgan fingerprint density at radius 2 is 2.18 bits per heavy atom. The molecule has 0 atom stereocenters. The van der Waals surface area contributed by atoms with Gasteiger partial charge in [-0.15, -0.1) is 10.2 Å². The van der Waals surface area contributed by atoms with Crippen molar-refractivity contribution in [2.24, 2.45) is 0 Å². The summed E-state index contributed by atoms with van der Waals surface area (Å²) in [6.07, 6.45) is 0.685. The average molecular weight is 322 g/mol. The second-order valence-corrected chi connectivity index (χ2v) is 5.32. The lowest BCUT2D eigenvalue weighted by atomic mass is 10.3. The van der Waals surface area contributed by atoms with Crippen molar-refractivity contribution >= 4 is 28.2 Å². The van der Waals surface area contributed by atoms with Gasteiger partial charge in [0.1, 0.15) is 10.8 Å². The van der Waals surface area contributed by atoms with Gasteiger partial charge in [0, 0.05) is 24.8 Å². The number of ether oxygens (including phenoxy) is 2. The zero-order valence-corrected chi connectivity index (χ0v) is 13.3. The molecule has 22 heavy (non-hydrogen) atoms. The topological polar surface area (TPSA) is 85.4 Å². The lowest BCUT2D eigenvalue weighted by molar-refractivity contribution is 0.150. The summed E-state index contributed by atoms with van der Waals surface area (Å²) in [4.78, 5) is 11.9. The monoisotopic (exact) mass is 322 g/mol. The zero-order valence-electron chi connectivity index (χ0n) is 12.5. The summed E-state index contributed by atoms with van der Waals surface area (Å²) < 4.78 is 10.4. The number of nitrogens with zero attached hydrogens (tertiary/aromatic N) is 2. The molecule has 7 nitrogen and oxygen atoms in total. The predicted molar refractivity (Wildman–Crippen MR) is 85.7 cm³/mol. The molecule has 8 heteroatoms. The predicted octanol–water partition coefficient (Wildman–Crippen LogP) is 2.77. The van der Waals surface area contributed by atoms with Crippen LogP contribution in [0.5, 0.6) is 5.75 Å². The van der Waals surface area contributed by atoms with Crippen LogP contribution in [0.1, 0.15) is 11.9 Å². The van der Waals surface area contributed by atoms with Gasteiger partial charge in [-0.05, 0) is 19.1 Å². The molecule has 2 amide bonds. The molecule has 0 spiro atoms. The maximum absolute atomic E-state index is 11.9. The molecule has 0 radical (unpaired) electrons. The number of carbonyl (C=O) groups is 1. The molecule has 0 aliphatic rings. The van der Waals surface area contributed by atoms with Gasteiger partial charge in [0.15, 0.2) is 0 Å². The van der Waals surface area contributed by atoms with Crippen LogP contribution in [0.15, 0.2) is 24.3 Å². The second kappa shape index (κ2) is 8.30. The molecule has 2 N–H and O–H groups in total. The van der Waals surface area contributed by atoms with E-state index in [1.807, 2.05) is 6.92 Å². The van der Waals surface area contributed by atoms with Crippen molar-refractivity contribution in [1.82, 2.24) is 10.2 Å². The number of anilines is 2. The molecule has 0 fully saturated rings. The minimum atomic E-state index is -0.374. The van der Waals surface area contributed by atoms with Crippen molar-refractivity contribution in [3.63, 3.8) is 0 Å². The van der Waals surface area contributed by atoms with E-state index in [2.05, 4.69) is 20.8 Å². The quantitative estimate of drug-likeness (QED) is 0.766. The number of benzene rings is 1. The fourth-order valence-electron chi connectivity index (χ4n) is 1.67. The number of amides is 2. The highest BCUT2D eigenvalue weighted by Crippen LogP contribution is 2.18. The van der Waals surface area contributed by atoms with E-state index in [1.54, 1.807) is 31.4 Å². The van der Waals surface area contributed by atoms with E-state index in [9.17, 15) is 4.79 Å². The number of carbonyl (C=O) groups excluding carboxylic acids is 1. The van der Waals surface area contributed by atoms with Crippen LogP contribution >= 0.6 is 11.3 Å². The Hall–Kier alpha value is -2.19. The SMILES string of the molecule is CCOCCc1nnc(NC(=O)Nc2cccc(OC)c2)s1. The molecule has 0 saturated heterocycles. The summed E-state index contributed by atoms with van der Waals surface area (Å²) in [7, 11) is 1.57. The van der Waals surface area contributed by atoms with Crippen LogP contribution in [0.2, 0.25) is 0 Å². The molecule has 1 aromatic carbocycles. The summed E-state index contributed by atoms with van der Waals surface area (Å²) in [5, 5.41) is 14.6. The molecule has 0 saturated carbocycles. The van der Waals surface area contributed by atoms with Crippen LogP contribution in [-0.4, -0.2) is 36.6 Å². The molecule has 0 bridgehead atoms. The first-order valence-corrected chi connectivity index (χ1v) is 7.65. The van der Waals surface area contributed by atoms with E-state index in [-0.39, 0.29) is 6.03 Å². The fraction of sp³-hybridized carbons (Fsp3) is 0.357. The summed E-state index contributed by atoms with van der Waals surface area (Å²) in [6, 6.07) is 6.73. The van der Waals surface area contributed by atoms with E-state index in [1.165, 1.54) is 11.3 Å². The number of nitrogens with one attached hydrogen (secondary N) is 2. The van der Waals surface area contributed by atoms with E-state index in [0.29, 0.717) is 36.2 Å². The van der Waals surface area contributed by atoms with E-state index < -0.39 is 0 Å². The van der Waals surface area contributed by atoms with Crippen LogP contribution in [0, 0.1) is 0 Å². The maximum Gasteiger partial charge on any atom is 0.325 e. The zero-order chi connectivity index (χ0) is 15.8. The van der Waals surface area contributed by atoms with Crippen molar-refractivity contribution in [3.8, 4) is 5.75 Å². The van der Waals surface area contributed by atoms with E-state index in [4.69, 9.17) is 9.47 Å². The highest BCUT2D eigenvalue weighted by molar-refractivity contribution is 7.15.